The Labute approximate surface area is 164 Å². The third kappa shape index (κ3) is 3.96. The van der Waals surface area contributed by atoms with Crippen LogP contribution in [0, 0.1) is 6.92 Å². The molecule has 0 saturated carbocycles. The molecule has 1 aromatic rings. The van der Waals surface area contributed by atoms with Crippen LogP contribution in [0.25, 0.3) is 10.4 Å². The Morgan fingerprint density at radius 2 is 2.14 bits per heavy atom. The highest BCUT2D eigenvalue weighted by molar-refractivity contribution is 5.87. The van der Waals surface area contributed by atoms with Gasteiger partial charge in [0.05, 0.1) is 12.6 Å². The van der Waals surface area contributed by atoms with Crippen molar-refractivity contribution in [3.05, 3.63) is 43.0 Å². The summed E-state index contributed by atoms with van der Waals surface area (Å²) in [6.07, 6.45) is -0.0388. The van der Waals surface area contributed by atoms with Crippen molar-refractivity contribution >= 4 is 12.0 Å². The number of aromatic amines is 1. The van der Waals surface area contributed by atoms with E-state index in [9.17, 15) is 19.2 Å². The van der Waals surface area contributed by atoms with Gasteiger partial charge in [-0.25, -0.2) is 14.4 Å². The molecule has 156 valence electrons. The second kappa shape index (κ2) is 7.97. The maximum absolute atomic E-state index is 12.4. The minimum Gasteiger partial charge on any atom is -0.461 e. The minimum atomic E-state index is -0.792. The molecule has 2 saturated heterocycles. The van der Waals surface area contributed by atoms with Gasteiger partial charge < -0.3 is 19.3 Å². The number of carbonyl (C=O) groups is 2. The summed E-state index contributed by atoms with van der Waals surface area (Å²) in [4.78, 5) is 55.5. The number of hydrogen-bond acceptors (Lipinski definition) is 7. The lowest BCUT2D eigenvalue weighted by Crippen LogP contribution is -2.39. The molecule has 29 heavy (non-hydrogen) atoms. The number of aryl methyl sites for hydroxylation is 1. The lowest BCUT2D eigenvalue weighted by atomic mass is 10.1. The SMILES string of the molecule is Cc1cn([C@H]2C[C@H](N=[N+]=[N-])[C@@H](COC(=O)C3CN(C)C(=O)N3C)O2)c(=O)[nH]c1=O. The molecule has 1 unspecified atom stereocenters. The molecule has 3 rings (SSSR count). The molecule has 4 atom stereocenters. The van der Waals surface area contributed by atoms with Crippen molar-refractivity contribution in [2.75, 3.05) is 27.2 Å². The number of aromatic nitrogens is 2. The number of hydrogen-bond donors (Lipinski definition) is 1. The number of carbonyl (C=O) groups excluding carboxylic acids is 2. The summed E-state index contributed by atoms with van der Waals surface area (Å²) in [5.74, 6) is -0.603. The summed E-state index contributed by atoms with van der Waals surface area (Å²) >= 11 is 0. The monoisotopic (exact) mass is 407 g/mol. The van der Waals surface area contributed by atoms with Crippen LogP contribution in [-0.4, -0.2) is 76.8 Å². The predicted molar refractivity (Wildman–Crippen MR) is 98.1 cm³/mol. The second-order valence-electron chi connectivity index (χ2n) is 7.04. The molecule has 13 nitrogen and oxygen atoms in total. The summed E-state index contributed by atoms with van der Waals surface area (Å²) in [6, 6.07) is -1.71. The number of amides is 2. The lowest BCUT2D eigenvalue weighted by Gasteiger charge is -2.20. The number of nitrogens with zero attached hydrogens (tertiary/aromatic N) is 6. The van der Waals surface area contributed by atoms with Crippen molar-refractivity contribution < 1.29 is 19.1 Å². The molecule has 1 aromatic heterocycles. The molecule has 2 amide bonds. The van der Waals surface area contributed by atoms with E-state index in [4.69, 9.17) is 15.0 Å². The van der Waals surface area contributed by atoms with Crippen molar-refractivity contribution in [1.82, 2.24) is 19.4 Å². The van der Waals surface area contributed by atoms with Gasteiger partial charge in [0, 0.05) is 37.2 Å². The normalized spacial score (nSPS) is 26.5. The molecule has 1 N–H and O–H groups in total. The van der Waals surface area contributed by atoms with Crippen molar-refractivity contribution in [2.45, 2.75) is 37.8 Å². The van der Waals surface area contributed by atoms with Crippen LogP contribution < -0.4 is 11.2 Å². The molecule has 2 aliphatic rings. The molecule has 0 spiro atoms. The van der Waals surface area contributed by atoms with Crippen LogP contribution in [0.5, 0.6) is 0 Å². The second-order valence-corrected chi connectivity index (χ2v) is 7.04. The van der Waals surface area contributed by atoms with Gasteiger partial charge in [0.1, 0.15) is 25.0 Å². The molecule has 3 heterocycles. The van der Waals surface area contributed by atoms with E-state index in [1.165, 1.54) is 27.6 Å². The van der Waals surface area contributed by atoms with Crippen LogP contribution in [0.15, 0.2) is 20.9 Å². The first kappa shape index (κ1) is 20.4. The van der Waals surface area contributed by atoms with Crippen LogP contribution in [0.1, 0.15) is 18.2 Å². The van der Waals surface area contributed by atoms with Gasteiger partial charge in [-0.15, -0.1) is 0 Å². The Hall–Kier alpha value is -3.31. The fourth-order valence-electron chi connectivity index (χ4n) is 3.38. The Balaban J connectivity index is 1.70. The largest absolute Gasteiger partial charge is 0.461 e. The number of nitrogens with one attached hydrogen (secondary N) is 1. The van der Waals surface area contributed by atoms with Gasteiger partial charge in [-0.3, -0.25) is 14.3 Å². The summed E-state index contributed by atoms with van der Waals surface area (Å²) in [5.41, 5.74) is 7.98. The maximum atomic E-state index is 12.4. The van der Waals surface area contributed by atoms with Gasteiger partial charge in [-0.1, -0.05) is 5.11 Å². The van der Waals surface area contributed by atoms with Crippen LogP contribution in [0.2, 0.25) is 0 Å². The minimum absolute atomic E-state index is 0.169. The molecule has 0 aromatic carbocycles. The number of azide groups is 1. The first-order valence-electron chi connectivity index (χ1n) is 8.89. The summed E-state index contributed by atoms with van der Waals surface area (Å²) < 4.78 is 12.3. The van der Waals surface area contributed by atoms with Crippen LogP contribution in [0.4, 0.5) is 4.79 Å². The molecule has 2 aliphatic heterocycles. The van der Waals surface area contributed by atoms with E-state index in [-0.39, 0.29) is 25.6 Å². The van der Waals surface area contributed by atoms with Crippen molar-refractivity contribution in [3.63, 3.8) is 0 Å². The summed E-state index contributed by atoms with van der Waals surface area (Å²) in [5, 5.41) is 3.67. The quantitative estimate of drug-likeness (QED) is 0.305. The van der Waals surface area contributed by atoms with E-state index < -0.39 is 41.6 Å². The zero-order valence-corrected chi connectivity index (χ0v) is 16.1. The lowest BCUT2D eigenvalue weighted by molar-refractivity contribution is -0.152. The van der Waals surface area contributed by atoms with E-state index in [0.29, 0.717) is 5.56 Å². The zero-order valence-electron chi connectivity index (χ0n) is 16.1. The molecule has 13 heteroatoms. The number of H-pyrrole nitrogens is 1. The highest BCUT2D eigenvalue weighted by atomic mass is 16.6. The average molecular weight is 407 g/mol. The fraction of sp³-hybridized carbons (Fsp3) is 0.625. The first-order valence-corrected chi connectivity index (χ1v) is 8.89. The van der Waals surface area contributed by atoms with E-state index in [0.717, 1.165) is 0 Å². The molecule has 2 fully saturated rings. The van der Waals surface area contributed by atoms with E-state index in [1.54, 1.807) is 14.0 Å². The predicted octanol–water partition coefficient (Wildman–Crippen LogP) is -0.280. The van der Waals surface area contributed by atoms with Gasteiger partial charge in [0.15, 0.2) is 0 Å². The molecular weight excluding hydrogens is 386 g/mol. The molecule has 0 bridgehead atoms. The van der Waals surface area contributed by atoms with Crippen molar-refractivity contribution in [2.24, 2.45) is 5.11 Å². The third-order valence-corrected chi connectivity index (χ3v) is 5.06. The van der Waals surface area contributed by atoms with Crippen LogP contribution in [0.3, 0.4) is 0 Å². The standard InChI is InChI=1S/C16H21N7O6/c1-8-5-23(15(26)18-13(8)24)12-4-9(19-20-17)11(29-12)7-28-14(25)10-6-21(2)16(27)22(10)3/h5,9-12H,4,6-7H2,1-3H3,(H,18,24,26)/t9-,10?,11+,12+/m0/s1. The van der Waals surface area contributed by atoms with Gasteiger partial charge in [-0.05, 0) is 12.5 Å². The Morgan fingerprint density at radius 1 is 1.41 bits per heavy atom. The van der Waals surface area contributed by atoms with Crippen LogP contribution in [-0.2, 0) is 14.3 Å². The smallest absolute Gasteiger partial charge is 0.330 e. The third-order valence-electron chi connectivity index (χ3n) is 5.06. The topological polar surface area (TPSA) is 163 Å². The molecular formula is C16H21N7O6. The number of urea groups is 1. The number of esters is 1. The van der Waals surface area contributed by atoms with E-state index in [1.807, 2.05) is 0 Å². The average Bonchev–Trinajstić information content (AvgIpc) is 3.19. The van der Waals surface area contributed by atoms with E-state index >= 15 is 0 Å². The fourth-order valence-corrected chi connectivity index (χ4v) is 3.38. The van der Waals surface area contributed by atoms with Crippen LogP contribution >= 0.6 is 0 Å². The number of ether oxygens (including phenoxy) is 2. The molecule has 0 radical (unpaired) electrons. The number of rotatable bonds is 5. The Morgan fingerprint density at radius 3 is 2.76 bits per heavy atom. The first-order chi connectivity index (χ1) is 13.7. The zero-order chi connectivity index (χ0) is 21.3. The number of likely N-dealkylation sites (N-methyl/N-ethyl adjacent to an activating group) is 2. The highest BCUT2D eigenvalue weighted by Gasteiger charge is 2.41. The molecule has 0 aliphatic carbocycles. The Kier molecular flexibility index (Phi) is 5.62. The summed E-state index contributed by atoms with van der Waals surface area (Å²) in [6.45, 7) is 1.54. The van der Waals surface area contributed by atoms with Gasteiger partial charge in [-0.2, -0.15) is 0 Å². The van der Waals surface area contributed by atoms with Crippen molar-refractivity contribution in [1.29, 1.82) is 0 Å². The summed E-state index contributed by atoms with van der Waals surface area (Å²) in [7, 11) is 3.09. The van der Waals surface area contributed by atoms with Crippen molar-refractivity contribution in [3.8, 4) is 0 Å². The highest BCUT2D eigenvalue weighted by Crippen LogP contribution is 2.30. The van der Waals surface area contributed by atoms with Gasteiger partial charge in [0.25, 0.3) is 5.56 Å². The van der Waals surface area contributed by atoms with Gasteiger partial charge >= 0.3 is 17.7 Å². The van der Waals surface area contributed by atoms with E-state index in [2.05, 4.69) is 15.0 Å². The maximum Gasteiger partial charge on any atom is 0.330 e. The Bertz CT molecular complexity index is 981. The van der Waals surface area contributed by atoms with Gasteiger partial charge in [0.2, 0.25) is 0 Å².